The Morgan fingerprint density at radius 1 is 1.30 bits per heavy atom. The van der Waals surface area contributed by atoms with Crippen LogP contribution in [0.2, 0.25) is 0 Å². The number of carbonyl (C=O) groups excluding carboxylic acids is 1. The number of nitrogens with zero attached hydrogens (tertiary/aromatic N) is 4. The Hall–Kier alpha value is -2.37. The normalized spacial score (nSPS) is 16.2. The molecule has 6 heteroatoms. The molecule has 0 bridgehead atoms. The Labute approximate surface area is 160 Å². The number of aryl methyl sites for hydroxylation is 2. The van der Waals surface area contributed by atoms with E-state index in [4.69, 9.17) is 0 Å². The molecular weight excluding hydrogens is 340 g/mol. The molecule has 146 valence electrons. The minimum atomic E-state index is -0.186. The van der Waals surface area contributed by atoms with Crippen molar-refractivity contribution in [2.24, 2.45) is 0 Å². The lowest BCUT2D eigenvalue weighted by atomic mass is 9.87. The van der Waals surface area contributed by atoms with Gasteiger partial charge in [0.25, 0.3) is 0 Å². The molecule has 3 rings (SSSR count). The van der Waals surface area contributed by atoms with Gasteiger partial charge in [0.2, 0.25) is 5.91 Å². The summed E-state index contributed by atoms with van der Waals surface area (Å²) < 4.78 is 3.01. The van der Waals surface area contributed by atoms with Gasteiger partial charge < -0.3 is 4.90 Å². The highest BCUT2D eigenvalue weighted by molar-refractivity contribution is 5.76. The predicted octanol–water partition coefficient (Wildman–Crippen LogP) is 2.94. The monoisotopic (exact) mass is 370 g/mol. The van der Waals surface area contributed by atoms with Crippen molar-refractivity contribution in [1.29, 1.82) is 0 Å². The molecule has 1 amide bonds. The molecule has 0 unspecified atom stereocenters. The van der Waals surface area contributed by atoms with E-state index in [1.165, 1.54) is 15.8 Å². The SMILES string of the molecule is CCCCc1nn(CC(=O)N(C)[C@H]2CCCc3ccccc32)c(=O)n1CC. The van der Waals surface area contributed by atoms with Gasteiger partial charge in [-0.2, -0.15) is 5.10 Å². The molecule has 6 nitrogen and oxygen atoms in total. The molecule has 1 aromatic carbocycles. The van der Waals surface area contributed by atoms with E-state index in [-0.39, 0.29) is 24.2 Å². The van der Waals surface area contributed by atoms with Gasteiger partial charge in [-0.1, -0.05) is 37.6 Å². The molecule has 1 aromatic heterocycles. The van der Waals surface area contributed by atoms with Crippen molar-refractivity contribution in [1.82, 2.24) is 19.2 Å². The summed E-state index contributed by atoms with van der Waals surface area (Å²) in [6.07, 6.45) is 5.91. The van der Waals surface area contributed by atoms with Crippen molar-refractivity contribution in [2.45, 2.75) is 71.5 Å². The molecule has 0 saturated heterocycles. The molecule has 0 fully saturated rings. The summed E-state index contributed by atoms with van der Waals surface area (Å²) in [7, 11) is 1.84. The van der Waals surface area contributed by atoms with E-state index in [9.17, 15) is 9.59 Å². The van der Waals surface area contributed by atoms with Gasteiger partial charge >= 0.3 is 5.69 Å². The molecule has 2 aromatic rings. The van der Waals surface area contributed by atoms with Gasteiger partial charge in [-0.15, -0.1) is 0 Å². The summed E-state index contributed by atoms with van der Waals surface area (Å²) in [5.74, 6) is 0.712. The summed E-state index contributed by atoms with van der Waals surface area (Å²) in [6.45, 7) is 4.64. The number of likely N-dealkylation sites (N-methyl/N-ethyl adjacent to an activating group) is 1. The van der Waals surface area contributed by atoms with Crippen molar-refractivity contribution < 1.29 is 4.79 Å². The van der Waals surface area contributed by atoms with Crippen molar-refractivity contribution in [2.75, 3.05) is 7.05 Å². The highest BCUT2D eigenvalue weighted by Gasteiger charge is 2.27. The maximum atomic E-state index is 12.9. The Morgan fingerprint density at radius 2 is 2.07 bits per heavy atom. The summed E-state index contributed by atoms with van der Waals surface area (Å²) in [5.41, 5.74) is 2.37. The third-order valence-electron chi connectivity index (χ3n) is 5.55. The number of hydrogen-bond donors (Lipinski definition) is 0. The number of hydrogen-bond acceptors (Lipinski definition) is 3. The third kappa shape index (κ3) is 3.99. The number of fused-ring (bicyclic) bond motifs is 1. The van der Waals surface area contributed by atoms with Crippen molar-refractivity contribution >= 4 is 5.91 Å². The highest BCUT2D eigenvalue weighted by atomic mass is 16.2. The first kappa shape index (κ1) is 19.4. The Balaban J connectivity index is 1.78. The zero-order valence-electron chi connectivity index (χ0n) is 16.6. The number of unbranched alkanes of at least 4 members (excludes halogenated alkanes) is 1. The van der Waals surface area contributed by atoms with Crippen LogP contribution in [0, 0.1) is 0 Å². The molecule has 1 atom stereocenters. The zero-order valence-corrected chi connectivity index (χ0v) is 16.6. The average molecular weight is 370 g/mol. The fourth-order valence-electron chi connectivity index (χ4n) is 3.97. The largest absolute Gasteiger partial charge is 0.346 e. The number of rotatable bonds is 7. The number of amides is 1. The van der Waals surface area contributed by atoms with Crippen LogP contribution in [0.5, 0.6) is 0 Å². The summed E-state index contributed by atoms with van der Waals surface area (Å²) in [5, 5.41) is 4.45. The average Bonchev–Trinajstić information content (AvgIpc) is 2.99. The maximum Gasteiger partial charge on any atom is 0.346 e. The number of aromatic nitrogens is 3. The Bertz CT molecular complexity index is 852. The lowest BCUT2D eigenvalue weighted by molar-refractivity contribution is -0.133. The van der Waals surface area contributed by atoms with Crippen LogP contribution in [0.3, 0.4) is 0 Å². The smallest absolute Gasteiger partial charge is 0.337 e. The fourth-order valence-corrected chi connectivity index (χ4v) is 3.97. The standard InChI is InChI=1S/C21H30N4O2/c1-4-6-14-19-22-25(21(27)24(19)5-2)15-20(26)23(3)18-13-9-11-16-10-7-8-12-17(16)18/h7-8,10,12,18H,4-6,9,11,13-15H2,1-3H3/t18-/m0/s1. The number of carbonyl (C=O) groups is 1. The fraction of sp³-hybridized carbons (Fsp3) is 0.571. The lowest BCUT2D eigenvalue weighted by Crippen LogP contribution is -2.38. The zero-order chi connectivity index (χ0) is 19.4. The summed E-state index contributed by atoms with van der Waals surface area (Å²) in [6, 6.07) is 8.42. The van der Waals surface area contributed by atoms with Crippen molar-refractivity contribution in [3.63, 3.8) is 0 Å². The second kappa shape index (κ2) is 8.55. The van der Waals surface area contributed by atoms with Crippen LogP contribution in [-0.4, -0.2) is 32.2 Å². The van der Waals surface area contributed by atoms with Crippen LogP contribution in [0.25, 0.3) is 0 Å². The van der Waals surface area contributed by atoms with Crippen LogP contribution in [0.15, 0.2) is 29.1 Å². The van der Waals surface area contributed by atoms with Crippen LogP contribution >= 0.6 is 0 Å². The van der Waals surface area contributed by atoms with E-state index in [0.717, 1.165) is 44.3 Å². The highest BCUT2D eigenvalue weighted by Crippen LogP contribution is 2.33. The van der Waals surface area contributed by atoms with E-state index in [1.54, 1.807) is 9.47 Å². The van der Waals surface area contributed by atoms with Crippen LogP contribution in [-0.2, 0) is 30.7 Å². The molecular formula is C21H30N4O2. The van der Waals surface area contributed by atoms with Gasteiger partial charge in [0.1, 0.15) is 12.4 Å². The Morgan fingerprint density at radius 3 is 2.81 bits per heavy atom. The summed E-state index contributed by atoms with van der Waals surface area (Å²) in [4.78, 5) is 27.3. The molecule has 27 heavy (non-hydrogen) atoms. The second-order valence-electron chi connectivity index (χ2n) is 7.32. The molecule has 1 aliphatic carbocycles. The van der Waals surface area contributed by atoms with Crippen LogP contribution in [0.4, 0.5) is 0 Å². The van der Waals surface area contributed by atoms with E-state index >= 15 is 0 Å². The second-order valence-corrected chi connectivity index (χ2v) is 7.32. The minimum absolute atomic E-state index is 0.000124. The molecule has 0 saturated carbocycles. The molecule has 0 radical (unpaired) electrons. The minimum Gasteiger partial charge on any atom is -0.337 e. The molecule has 1 heterocycles. The van der Waals surface area contributed by atoms with Crippen molar-refractivity contribution in [3.05, 3.63) is 51.7 Å². The van der Waals surface area contributed by atoms with E-state index < -0.39 is 0 Å². The van der Waals surface area contributed by atoms with E-state index in [2.05, 4.69) is 30.2 Å². The number of benzene rings is 1. The third-order valence-corrected chi connectivity index (χ3v) is 5.55. The lowest BCUT2D eigenvalue weighted by Gasteiger charge is -2.33. The van der Waals surface area contributed by atoms with Crippen LogP contribution in [0.1, 0.15) is 62.5 Å². The van der Waals surface area contributed by atoms with Gasteiger partial charge in [-0.3, -0.25) is 9.36 Å². The predicted molar refractivity (Wildman–Crippen MR) is 106 cm³/mol. The molecule has 0 spiro atoms. The first-order valence-corrected chi connectivity index (χ1v) is 10.1. The van der Waals surface area contributed by atoms with Gasteiger partial charge in [0.05, 0.1) is 6.04 Å². The quantitative estimate of drug-likeness (QED) is 0.753. The first-order valence-electron chi connectivity index (χ1n) is 10.1. The first-order chi connectivity index (χ1) is 13.1. The topological polar surface area (TPSA) is 60.1 Å². The molecule has 0 N–H and O–H groups in total. The van der Waals surface area contributed by atoms with Crippen LogP contribution < -0.4 is 5.69 Å². The maximum absolute atomic E-state index is 12.9. The van der Waals surface area contributed by atoms with Gasteiger partial charge in [0, 0.05) is 20.0 Å². The molecule has 0 aliphatic heterocycles. The van der Waals surface area contributed by atoms with E-state index in [0.29, 0.717) is 6.54 Å². The molecule has 1 aliphatic rings. The van der Waals surface area contributed by atoms with Crippen molar-refractivity contribution in [3.8, 4) is 0 Å². The Kier molecular flexibility index (Phi) is 6.14. The summed E-state index contributed by atoms with van der Waals surface area (Å²) >= 11 is 0. The van der Waals surface area contributed by atoms with Gasteiger partial charge in [-0.05, 0) is 43.7 Å². The van der Waals surface area contributed by atoms with Gasteiger partial charge in [0.15, 0.2) is 0 Å². The van der Waals surface area contributed by atoms with Gasteiger partial charge in [-0.25, -0.2) is 9.48 Å². The van der Waals surface area contributed by atoms with E-state index in [1.807, 2.05) is 20.0 Å².